The Bertz CT molecular complexity index is 716. The van der Waals surface area contributed by atoms with Crippen LogP contribution in [0, 0.1) is 27.7 Å². The summed E-state index contributed by atoms with van der Waals surface area (Å²) in [5.41, 5.74) is 5.76. The van der Waals surface area contributed by atoms with E-state index in [0.29, 0.717) is 0 Å². The molecule has 0 bridgehead atoms. The summed E-state index contributed by atoms with van der Waals surface area (Å²) in [6.07, 6.45) is -0.543. The first kappa shape index (κ1) is 18.1. The number of carbonyl (C=O) groups is 1. The third kappa shape index (κ3) is 4.60. The van der Waals surface area contributed by atoms with E-state index < -0.39 is 6.10 Å². The fourth-order valence-electron chi connectivity index (χ4n) is 2.89. The molecule has 2 aromatic carbocycles. The zero-order chi connectivity index (χ0) is 17.9. The van der Waals surface area contributed by atoms with E-state index in [9.17, 15) is 4.79 Å². The zero-order valence-electron chi connectivity index (χ0n) is 15.4. The summed E-state index contributed by atoms with van der Waals surface area (Å²) in [6.45, 7) is 11.9. The van der Waals surface area contributed by atoms with Crippen LogP contribution in [-0.4, -0.2) is 12.0 Å². The molecule has 3 heteroatoms. The molecular weight excluding hydrogens is 298 g/mol. The van der Waals surface area contributed by atoms with Gasteiger partial charge in [-0.2, -0.15) is 0 Å². The van der Waals surface area contributed by atoms with Gasteiger partial charge < -0.3 is 10.1 Å². The number of amides is 1. The molecule has 2 unspecified atom stereocenters. The molecule has 0 aliphatic rings. The molecule has 3 nitrogen and oxygen atoms in total. The number of hydrogen-bond donors (Lipinski definition) is 1. The average Bonchev–Trinajstić information content (AvgIpc) is 2.48. The number of benzene rings is 2. The molecule has 1 amide bonds. The third-order valence-electron chi connectivity index (χ3n) is 4.14. The lowest BCUT2D eigenvalue weighted by molar-refractivity contribution is -0.127. The third-order valence-corrected chi connectivity index (χ3v) is 4.14. The fraction of sp³-hybridized carbons (Fsp3) is 0.381. The van der Waals surface area contributed by atoms with Crippen molar-refractivity contribution in [3.05, 3.63) is 64.2 Å². The Labute approximate surface area is 145 Å². The summed E-state index contributed by atoms with van der Waals surface area (Å²) in [6, 6.07) is 12.2. The van der Waals surface area contributed by atoms with Crippen molar-refractivity contribution in [2.24, 2.45) is 0 Å². The average molecular weight is 325 g/mol. The van der Waals surface area contributed by atoms with Crippen molar-refractivity contribution < 1.29 is 9.53 Å². The molecule has 0 aliphatic carbocycles. The number of nitrogens with one attached hydrogen (secondary N) is 1. The number of rotatable bonds is 5. The Morgan fingerprint density at radius 1 is 0.917 bits per heavy atom. The van der Waals surface area contributed by atoms with Crippen LogP contribution in [0.5, 0.6) is 5.75 Å². The predicted molar refractivity (Wildman–Crippen MR) is 98.5 cm³/mol. The highest BCUT2D eigenvalue weighted by Gasteiger charge is 2.19. The summed E-state index contributed by atoms with van der Waals surface area (Å²) in [7, 11) is 0. The van der Waals surface area contributed by atoms with Gasteiger partial charge in [0.05, 0.1) is 6.04 Å². The van der Waals surface area contributed by atoms with E-state index in [4.69, 9.17) is 4.74 Å². The maximum Gasteiger partial charge on any atom is 0.261 e. The van der Waals surface area contributed by atoms with E-state index in [-0.39, 0.29) is 11.9 Å². The Balaban J connectivity index is 2.04. The van der Waals surface area contributed by atoms with Crippen molar-refractivity contribution in [2.75, 3.05) is 0 Å². The van der Waals surface area contributed by atoms with Gasteiger partial charge >= 0.3 is 0 Å². The molecule has 0 spiro atoms. The van der Waals surface area contributed by atoms with Crippen molar-refractivity contribution in [1.82, 2.24) is 5.32 Å². The second-order valence-corrected chi connectivity index (χ2v) is 6.67. The fourth-order valence-corrected chi connectivity index (χ4v) is 2.89. The van der Waals surface area contributed by atoms with Gasteiger partial charge in [0.15, 0.2) is 6.10 Å². The van der Waals surface area contributed by atoms with Crippen LogP contribution in [0.15, 0.2) is 36.4 Å². The van der Waals surface area contributed by atoms with Crippen LogP contribution in [0.2, 0.25) is 0 Å². The summed E-state index contributed by atoms with van der Waals surface area (Å²) in [4.78, 5) is 12.5. The van der Waals surface area contributed by atoms with E-state index >= 15 is 0 Å². The molecule has 0 aromatic heterocycles. The summed E-state index contributed by atoms with van der Waals surface area (Å²) in [5, 5.41) is 3.05. The standard InChI is InChI=1S/C21H27NO2/c1-13-7-8-16(4)20(12-13)17(5)22-21(23)18(6)24-19-10-14(2)9-15(3)11-19/h7-12,17-18H,1-6H3,(H,22,23). The minimum atomic E-state index is -0.543. The van der Waals surface area contributed by atoms with Crippen LogP contribution in [-0.2, 0) is 4.79 Å². The smallest absolute Gasteiger partial charge is 0.261 e. The largest absolute Gasteiger partial charge is 0.481 e. The van der Waals surface area contributed by atoms with Gasteiger partial charge in [0.25, 0.3) is 5.91 Å². The Morgan fingerprint density at radius 2 is 1.54 bits per heavy atom. The molecule has 24 heavy (non-hydrogen) atoms. The Morgan fingerprint density at radius 3 is 2.17 bits per heavy atom. The van der Waals surface area contributed by atoms with Gasteiger partial charge in [-0.15, -0.1) is 0 Å². The number of aryl methyl sites for hydroxylation is 4. The van der Waals surface area contributed by atoms with Crippen molar-refractivity contribution in [3.63, 3.8) is 0 Å². The highest BCUT2D eigenvalue weighted by atomic mass is 16.5. The molecule has 0 radical (unpaired) electrons. The zero-order valence-corrected chi connectivity index (χ0v) is 15.4. The number of carbonyl (C=O) groups excluding carboxylic acids is 1. The summed E-state index contributed by atoms with van der Waals surface area (Å²) < 4.78 is 5.82. The number of ether oxygens (including phenoxy) is 1. The van der Waals surface area contributed by atoms with Gasteiger partial charge in [-0.05, 0) is 75.9 Å². The van der Waals surface area contributed by atoms with E-state index in [1.807, 2.05) is 32.9 Å². The topological polar surface area (TPSA) is 38.3 Å². The molecule has 0 heterocycles. The van der Waals surface area contributed by atoms with Crippen molar-refractivity contribution in [1.29, 1.82) is 0 Å². The Kier molecular flexibility index (Phi) is 5.66. The second-order valence-electron chi connectivity index (χ2n) is 6.67. The predicted octanol–water partition coefficient (Wildman–Crippen LogP) is 4.56. The molecule has 0 saturated carbocycles. The van der Waals surface area contributed by atoms with Crippen LogP contribution < -0.4 is 10.1 Å². The van der Waals surface area contributed by atoms with Crippen LogP contribution >= 0.6 is 0 Å². The first-order chi connectivity index (χ1) is 11.3. The van der Waals surface area contributed by atoms with Gasteiger partial charge in [-0.3, -0.25) is 4.79 Å². The quantitative estimate of drug-likeness (QED) is 0.875. The second kappa shape index (κ2) is 7.52. The lowest BCUT2D eigenvalue weighted by Crippen LogP contribution is -2.38. The lowest BCUT2D eigenvalue weighted by atomic mass is 10.00. The van der Waals surface area contributed by atoms with Crippen LogP contribution in [0.1, 0.15) is 47.7 Å². The van der Waals surface area contributed by atoms with Crippen molar-refractivity contribution in [3.8, 4) is 5.75 Å². The monoisotopic (exact) mass is 325 g/mol. The van der Waals surface area contributed by atoms with Crippen LogP contribution in [0.25, 0.3) is 0 Å². The minimum Gasteiger partial charge on any atom is -0.481 e. The van der Waals surface area contributed by atoms with Gasteiger partial charge in [0.1, 0.15) is 5.75 Å². The van der Waals surface area contributed by atoms with Crippen LogP contribution in [0.4, 0.5) is 0 Å². The van der Waals surface area contributed by atoms with E-state index in [2.05, 4.69) is 43.4 Å². The molecular formula is C21H27NO2. The van der Waals surface area contributed by atoms with E-state index in [1.165, 1.54) is 11.1 Å². The first-order valence-electron chi connectivity index (χ1n) is 8.38. The molecule has 2 rings (SSSR count). The maximum absolute atomic E-state index is 12.5. The van der Waals surface area contributed by atoms with Gasteiger partial charge in [-0.1, -0.05) is 29.8 Å². The van der Waals surface area contributed by atoms with Gasteiger partial charge in [0.2, 0.25) is 0 Å². The molecule has 0 aliphatic heterocycles. The highest BCUT2D eigenvalue weighted by Crippen LogP contribution is 2.20. The normalized spacial score (nSPS) is 13.2. The van der Waals surface area contributed by atoms with E-state index in [0.717, 1.165) is 22.4 Å². The van der Waals surface area contributed by atoms with E-state index in [1.54, 1.807) is 6.92 Å². The highest BCUT2D eigenvalue weighted by molar-refractivity contribution is 5.81. The Hall–Kier alpha value is -2.29. The van der Waals surface area contributed by atoms with Crippen molar-refractivity contribution >= 4 is 5.91 Å². The van der Waals surface area contributed by atoms with Gasteiger partial charge in [-0.25, -0.2) is 0 Å². The summed E-state index contributed by atoms with van der Waals surface area (Å²) >= 11 is 0. The first-order valence-corrected chi connectivity index (χ1v) is 8.38. The SMILES string of the molecule is Cc1cc(C)cc(OC(C)C(=O)NC(C)c2cc(C)ccc2C)c1. The molecule has 0 fully saturated rings. The van der Waals surface area contributed by atoms with Crippen molar-refractivity contribution in [2.45, 2.75) is 53.7 Å². The molecule has 2 atom stereocenters. The van der Waals surface area contributed by atoms with Gasteiger partial charge in [0, 0.05) is 0 Å². The molecule has 2 aromatic rings. The molecule has 128 valence electrons. The van der Waals surface area contributed by atoms with Crippen LogP contribution in [0.3, 0.4) is 0 Å². The summed E-state index contributed by atoms with van der Waals surface area (Å²) in [5.74, 6) is 0.622. The molecule has 0 saturated heterocycles. The number of hydrogen-bond acceptors (Lipinski definition) is 2. The molecule has 1 N–H and O–H groups in total. The maximum atomic E-state index is 12.5. The lowest BCUT2D eigenvalue weighted by Gasteiger charge is -2.21. The minimum absolute atomic E-state index is 0.0531.